The summed E-state index contributed by atoms with van der Waals surface area (Å²) in [7, 11) is 0. The first-order chi connectivity index (χ1) is 5.86. The monoisotopic (exact) mass is 196 g/mol. The predicted molar refractivity (Wildman–Crippen MR) is 46.2 cm³/mol. The Hall–Kier alpha value is -1.07. The van der Waals surface area contributed by atoms with Crippen LogP contribution in [0.15, 0.2) is 24.5 Å². The van der Waals surface area contributed by atoms with Crippen molar-refractivity contribution in [3.63, 3.8) is 0 Å². The second-order valence-corrected chi connectivity index (χ2v) is 2.79. The summed E-state index contributed by atoms with van der Waals surface area (Å²) in [5, 5.41) is 8.42. The van der Waals surface area contributed by atoms with Crippen LogP contribution in [0.1, 0.15) is 18.9 Å². The molecule has 0 radical (unpaired) electrons. The molecule has 0 spiro atoms. The van der Waals surface area contributed by atoms with Crippen LogP contribution in [0.2, 0.25) is 0 Å². The van der Waals surface area contributed by atoms with Crippen molar-refractivity contribution in [1.29, 1.82) is 5.26 Å². The molecule has 13 heavy (non-hydrogen) atoms. The molecule has 0 aromatic carbocycles. The molecule has 1 rings (SSSR count). The zero-order chi connectivity index (χ0) is 8.81. The van der Waals surface area contributed by atoms with Gasteiger partial charge in [0.1, 0.15) is 6.07 Å². The van der Waals surface area contributed by atoms with Crippen molar-refractivity contribution in [3.8, 4) is 6.07 Å². The molecule has 0 aliphatic heterocycles. The SMILES string of the molecule is CCCc1cc[n+](CC#N)cc1.[Cl-]. The number of aromatic nitrogens is 1. The van der Waals surface area contributed by atoms with Crippen LogP contribution in [0.4, 0.5) is 0 Å². The van der Waals surface area contributed by atoms with Gasteiger partial charge in [-0.2, -0.15) is 9.83 Å². The van der Waals surface area contributed by atoms with Gasteiger partial charge in [0.05, 0.1) is 0 Å². The molecular weight excluding hydrogens is 184 g/mol. The first-order valence-corrected chi connectivity index (χ1v) is 4.21. The van der Waals surface area contributed by atoms with Crippen LogP contribution >= 0.6 is 0 Å². The molecule has 0 bridgehead atoms. The van der Waals surface area contributed by atoms with Crippen LogP contribution in [0, 0.1) is 11.3 Å². The fraction of sp³-hybridized carbons (Fsp3) is 0.400. The molecule has 0 aliphatic carbocycles. The maximum atomic E-state index is 8.42. The number of halogens is 1. The van der Waals surface area contributed by atoms with E-state index in [0.29, 0.717) is 6.54 Å². The van der Waals surface area contributed by atoms with Crippen LogP contribution in [0.3, 0.4) is 0 Å². The normalized spacial score (nSPS) is 8.62. The van der Waals surface area contributed by atoms with Crippen molar-refractivity contribution in [2.24, 2.45) is 0 Å². The Balaban J connectivity index is 0.00000144. The third-order valence-electron chi connectivity index (χ3n) is 1.75. The minimum absolute atomic E-state index is 0. The molecule has 0 N–H and O–H groups in total. The first kappa shape index (κ1) is 11.9. The number of pyridine rings is 1. The number of nitriles is 1. The quantitative estimate of drug-likeness (QED) is 0.539. The average molecular weight is 197 g/mol. The smallest absolute Gasteiger partial charge is 0.233 e. The molecule has 0 aliphatic rings. The molecule has 3 heteroatoms. The molecule has 0 atom stereocenters. The molecule has 1 aromatic rings. The van der Waals surface area contributed by atoms with Crippen LogP contribution in [-0.4, -0.2) is 0 Å². The Bertz CT molecular complexity index is 274. The van der Waals surface area contributed by atoms with Gasteiger partial charge >= 0.3 is 0 Å². The van der Waals surface area contributed by atoms with Crippen LogP contribution in [-0.2, 0) is 13.0 Å². The maximum absolute atomic E-state index is 8.42. The van der Waals surface area contributed by atoms with Gasteiger partial charge < -0.3 is 12.4 Å². The van der Waals surface area contributed by atoms with Crippen LogP contribution < -0.4 is 17.0 Å². The lowest BCUT2D eigenvalue weighted by Crippen LogP contribution is -3.00. The molecule has 0 saturated heterocycles. The minimum atomic E-state index is 0. The second kappa shape index (κ2) is 6.45. The molecule has 0 unspecified atom stereocenters. The van der Waals surface area contributed by atoms with Gasteiger partial charge in [0.25, 0.3) is 0 Å². The van der Waals surface area contributed by atoms with E-state index in [1.807, 2.05) is 17.0 Å². The van der Waals surface area contributed by atoms with Crippen LogP contribution in [0.5, 0.6) is 0 Å². The lowest BCUT2D eigenvalue weighted by atomic mass is 10.2. The Morgan fingerprint density at radius 2 is 2.00 bits per heavy atom. The third-order valence-corrected chi connectivity index (χ3v) is 1.75. The Morgan fingerprint density at radius 1 is 1.38 bits per heavy atom. The summed E-state index contributed by atoms with van der Waals surface area (Å²) in [5.41, 5.74) is 1.34. The van der Waals surface area contributed by atoms with Crippen molar-refractivity contribution in [2.45, 2.75) is 26.3 Å². The number of hydrogen-bond acceptors (Lipinski definition) is 1. The summed E-state index contributed by atoms with van der Waals surface area (Å²) in [6, 6.07) is 6.24. The van der Waals surface area contributed by atoms with E-state index >= 15 is 0 Å². The third kappa shape index (κ3) is 3.91. The summed E-state index contributed by atoms with van der Waals surface area (Å²) in [5.74, 6) is 0. The highest BCUT2D eigenvalue weighted by Crippen LogP contribution is 1.98. The largest absolute Gasteiger partial charge is 1.00 e. The predicted octanol–water partition coefficient (Wildman–Crippen LogP) is -1.55. The molecule has 0 saturated carbocycles. The van der Waals surface area contributed by atoms with Gasteiger partial charge in [-0.1, -0.05) is 13.3 Å². The van der Waals surface area contributed by atoms with Crippen molar-refractivity contribution >= 4 is 0 Å². The van der Waals surface area contributed by atoms with Crippen molar-refractivity contribution in [1.82, 2.24) is 0 Å². The van der Waals surface area contributed by atoms with E-state index in [2.05, 4.69) is 25.1 Å². The van der Waals surface area contributed by atoms with Gasteiger partial charge in [0.2, 0.25) is 6.54 Å². The topological polar surface area (TPSA) is 27.7 Å². The number of aryl methyl sites for hydroxylation is 1. The van der Waals surface area contributed by atoms with Gasteiger partial charge in [-0.05, 0) is 12.0 Å². The van der Waals surface area contributed by atoms with Crippen molar-refractivity contribution < 1.29 is 17.0 Å². The number of nitrogens with zero attached hydrogens (tertiary/aromatic N) is 2. The van der Waals surface area contributed by atoms with Crippen LogP contribution in [0.25, 0.3) is 0 Å². The molecule has 70 valence electrons. The second-order valence-electron chi connectivity index (χ2n) is 2.79. The molecule has 0 amide bonds. The van der Waals surface area contributed by atoms with E-state index in [4.69, 9.17) is 5.26 Å². The standard InChI is InChI=1S/C10H13N2.ClH/c1-2-3-10-4-7-12(8-5-10)9-6-11;/h4-5,7-8H,2-3,9H2,1H3;1H/q+1;/p-1. The van der Waals surface area contributed by atoms with Crippen molar-refractivity contribution in [3.05, 3.63) is 30.1 Å². The molecule has 0 fully saturated rings. The Kier molecular flexibility index (Phi) is 5.92. The van der Waals surface area contributed by atoms with Gasteiger partial charge in [-0.3, -0.25) is 0 Å². The van der Waals surface area contributed by atoms with E-state index < -0.39 is 0 Å². The van der Waals surface area contributed by atoms with E-state index in [9.17, 15) is 0 Å². The molecular formula is C10H13ClN2. The Morgan fingerprint density at radius 3 is 2.46 bits per heavy atom. The maximum Gasteiger partial charge on any atom is 0.233 e. The zero-order valence-corrected chi connectivity index (χ0v) is 8.46. The fourth-order valence-electron chi connectivity index (χ4n) is 1.13. The number of hydrogen-bond donors (Lipinski definition) is 0. The highest BCUT2D eigenvalue weighted by atomic mass is 35.5. The lowest BCUT2D eigenvalue weighted by Gasteiger charge is -1.94. The molecule has 1 aromatic heterocycles. The average Bonchev–Trinajstić information content (AvgIpc) is 2.09. The highest BCUT2D eigenvalue weighted by molar-refractivity contribution is 5.06. The summed E-state index contributed by atoms with van der Waals surface area (Å²) in [4.78, 5) is 0. The summed E-state index contributed by atoms with van der Waals surface area (Å²) < 4.78 is 1.87. The van der Waals surface area contributed by atoms with E-state index in [1.54, 1.807) is 0 Å². The lowest BCUT2D eigenvalue weighted by molar-refractivity contribution is -0.685. The van der Waals surface area contributed by atoms with Gasteiger partial charge in [0, 0.05) is 12.1 Å². The van der Waals surface area contributed by atoms with E-state index in [1.165, 1.54) is 12.0 Å². The highest BCUT2D eigenvalue weighted by Gasteiger charge is 1.97. The van der Waals surface area contributed by atoms with E-state index in [-0.39, 0.29) is 12.4 Å². The summed E-state index contributed by atoms with van der Waals surface area (Å²) >= 11 is 0. The molecule has 2 nitrogen and oxygen atoms in total. The Labute approximate surface area is 85.2 Å². The zero-order valence-electron chi connectivity index (χ0n) is 7.70. The van der Waals surface area contributed by atoms with Crippen molar-refractivity contribution in [2.75, 3.05) is 0 Å². The first-order valence-electron chi connectivity index (χ1n) is 4.21. The number of rotatable bonds is 3. The minimum Gasteiger partial charge on any atom is -1.00 e. The van der Waals surface area contributed by atoms with Gasteiger partial charge in [-0.25, -0.2) is 0 Å². The fourth-order valence-corrected chi connectivity index (χ4v) is 1.13. The molecule has 1 heterocycles. The summed E-state index contributed by atoms with van der Waals surface area (Å²) in [6.45, 7) is 2.60. The van der Waals surface area contributed by atoms with Gasteiger partial charge in [0.15, 0.2) is 12.4 Å². The van der Waals surface area contributed by atoms with E-state index in [0.717, 1.165) is 6.42 Å². The van der Waals surface area contributed by atoms with Gasteiger partial charge in [-0.15, -0.1) is 0 Å². The summed E-state index contributed by atoms with van der Waals surface area (Å²) in [6.07, 6.45) is 6.19.